The van der Waals surface area contributed by atoms with Crippen LogP contribution in [0.5, 0.6) is 0 Å². The zero-order valence-corrected chi connectivity index (χ0v) is 11.3. The maximum atomic E-state index is 2.35. The lowest BCUT2D eigenvalue weighted by Crippen LogP contribution is -2.12. The first-order valence-corrected chi connectivity index (χ1v) is 6.90. The fourth-order valence-corrected chi connectivity index (χ4v) is 2.62. The lowest BCUT2D eigenvalue weighted by atomic mass is 9.82. The maximum Gasteiger partial charge on any atom is -0.0159 e. The standard InChI is InChI=1S/C18H22/c1-3-17(14-16-10-6-4-7-11-16)15(2)18-12-8-5-9-13-18/h4-13,15,17H,3,14H2,1-2H3. The van der Waals surface area contributed by atoms with E-state index < -0.39 is 0 Å². The van der Waals surface area contributed by atoms with Crippen molar-refractivity contribution in [2.24, 2.45) is 5.92 Å². The molecule has 0 amide bonds. The summed E-state index contributed by atoms with van der Waals surface area (Å²) in [6.07, 6.45) is 2.40. The summed E-state index contributed by atoms with van der Waals surface area (Å²) in [5.41, 5.74) is 2.91. The van der Waals surface area contributed by atoms with E-state index in [0.717, 1.165) is 5.92 Å². The van der Waals surface area contributed by atoms with E-state index in [-0.39, 0.29) is 0 Å². The summed E-state index contributed by atoms with van der Waals surface area (Å²) in [5.74, 6) is 1.34. The Hall–Kier alpha value is -1.56. The van der Waals surface area contributed by atoms with Crippen molar-refractivity contribution in [2.45, 2.75) is 32.6 Å². The van der Waals surface area contributed by atoms with Gasteiger partial charge in [-0.25, -0.2) is 0 Å². The van der Waals surface area contributed by atoms with Gasteiger partial charge in [-0.3, -0.25) is 0 Å². The molecule has 2 aromatic rings. The van der Waals surface area contributed by atoms with Crippen molar-refractivity contribution < 1.29 is 0 Å². The molecule has 2 atom stereocenters. The zero-order chi connectivity index (χ0) is 12.8. The summed E-state index contributed by atoms with van der Waals surface area (Å²) < 4.78 is 0. The van der Waals surface area contributed by atoms with Crippen LogP contribution in [0.3, 0.4) is 0 Å². The molecule has 0 bridgehead atoms. The molecule has 0 heteroatoms. The van der Waals surface area contributed by atoms with Crippen LogP contribution in [-0.2, 0) is 6.42 Å². The Morgan fingerprint density at radius 3 is 1.94 bits per heavy atom. The Bertz CT molecular complexity index is 444. The largest absolute Gasteiger partial charge is 0.0651 e. The second kappa shape index (κ2) is 6.39. The van der Waals surface area contributed by atoms with Gasteiger partial charge in [0, 0.05) is 0 Å². The van der Waals surface area contributed by atoms with E-state index in [1.54, 1.807) is 0 Å². The fraction of sp³-hybridized carbons (Fsp3) is 0.333. The van der Waals surface area contributed by atoms with Gasteiger partial charge >= 0.3 is 0 Å². The van der Waals surface area contributed by atoms with Crippen molar-refractivity contribution >= 4 is 0 Å². The molecule has 0 fully saturated rings. The van der Waals surface area contributed by atoms with Gasteiger partial charge < -0.3 is 0 Å². The molecule has 2 rings (SSSR count). The van der Waals surface area contributed by atoms with Crippen LogP contribution in [0.1, 0.15) is 37.3 Å². The molecule has 0 saturated heterocycles. The zero-order valence-electron chi connectivity index (χ0n) is 11.3. The Labute approximate surface area is 111 Å². The first kappa shape index (κ1) is 12.9. The van der Waals surface area contributed by atoms with E-state index in [4.69, 9.17) is 0 Å². The average molecular weight is 238 g/mol. The molecule has 0 nitrogen and oxygen atoms in total. The molecular weight excluding hydrogens is 216 g/mol. The summed E-state index contributed by atoms with van der Waals surface area (Å²) in [6, 6.07) is 21.7. The first-order valence-electron chi connectivity index (χ1n) is 6.90. The van der Waals surface area contributed by atoms with Crippen LogP contribution in [0.2, 0.25) is 0 Å². The van der Waals surface area contributed by atoms with E-state index in [1.165, 1.54) is 24.0 Å². The highest BCUT2D eigenvalue weighted by molar-refractivity contribution is 5.21. The van der Waals surface area contributed by atoms with Crippen molar-refractivity contribution in [3.63, 3.8) is 0 Å². The molecule has 94 valence electrons. The topological polar surface area (TPSA) is 0 Å². The van der Waals surface area contributed by atoms with Crippen LogP contribution in [0.4, 0.5) is 0 Å². The fourth-order valence-electron chi connectivity index (χ4n) is 2.62. The van der Waals surface area contributed by atoms with Gasteiger partial charge in [-0.05, 0) is 29.4 Å². The second-order valence-electron chi connectivity index (χ2n) is 5.06. The van der Waals surface area contributed by atoms with Gasteiger partial charge in [-0.15, -0.1) is 0 Å². The minimum absolute atomic E-state index is 0.622. The minimum Gasteiger partial charge on any atom is -0.0651 e. The Balaban J connectivity index is 2.09. The van der Waals surface area contributed by atoms with Crippen molar-refractivity contribution in [1.29, 1.82) is 0 Å². The molecule has 0 aliphatic heterocycles. The number of rotatable bonds is 5. The summed E-state index contributed by atoms with van der Waals surface area (Å²) in [7, 11) is 0. The van der Waals surface area contributed by atoms with Crippen LogP contribution in [0.15, 0.2) is 60.7 Å². The third-order valence-corrected chi connectivity index (χ3v) is 3.90. The summed E-state index contributed by atoms with van der Waals surface area (Å²) >= 11 is 0. The summed E-state index contributed by atoms with van der Waals surface area (Å²) in [6.45, 7) is 4.65. The van der Waals surface area contributed by atoms with Gasteiger partial charge in [-0.2, -0.15) is 0 Å². The molecule has 2 aromatic carbocycles. The van der Waals surface area contributed by atoms with Crippen LogP contribution >= 0.6 is 0 Å². The van der Waals surface area contributed by atoms with E-state index in [2.05, 4.69) is 74.5 Å². The lowest BCUT2D eigenvalue weighted by molar-refractivity contribution is 0.429. The molecule has 0 N–H and O–H groups in total. The molecule has 0 saturated carbocycles. The minimum atomic E-state index is 0.622. The van der Waals surface area contributed by atoms with E-state index in [9.17, 15) is 0 Å². The van der Waals surface area contributed by atoms with Crippen LogP contribution in [0.25, 0.3) is 0 Å². The third-order valence-electron chi connectivity index (χ3n) is 3.90. The van der Waals surface area contributed by atoms with Crippen molar-refractivity contribution in [2.75, 3.05) is 0 Å². The Kier molecular flexibility index (Phi) is 4.58. The average Bonchev–Trinajstić information content (AvgIpc) is 2.46. The highest BCUT2D eigenvalue weighted by Gasteiger charge is 2.17. The molecule has 0 radical (unpaired) electrons. The van der Waals surface area contributed by atoms with Gasteiger partial charge in [0.15, 0.2) is 0 Å². The van der Waals surface area contributed by atoms with Gasteiger partial charge in [0.05, 0.1) is 0 Å². The van der Waals surface area contributed by atoms with E-state index in [1.807, 2.05) is 0 Å². The molecule has 2 unspecified atom stereocenters. The third kappa shape index (κ3) is 3.22. The number of benzene rings is 2. The summed E-state index contributed by atoms with van der Waals surface area (Å²) in [4.78, 5) is 0. The molecular formula is C18H22. The quantitative estimate of drug-likeness (QED) is 0.683. The Morgan fingerprint density at radius 1 is 0.833 bits per heavy atom. The highest BCUT2D eigenvalue weighted by Crippen LogP contribution is 2.29. The monoisotopic (exact) mass is 238 g/mol. The molecule has 0 aliphatic rings. The molecule has 0 aliphatic carbocycles. The van der Waals surface area contributed by atoms with Gasteiger partial charge in [0.25, 0.3) is 0 Å². The first-order chi connectivity index (χ1) is 8.81. The van der Waals surface area contributed by atoms with Gasteiger partial charge in [-0.1, -0.05) is 80.9 Å². The van der Waals surface area contributed by atoms with Crippen LogP contribution in [0, 0.1) is 5.92 Å². The van der Waals surface area contributed by atoms with Crippen molar-refractivity contribution in [1.82, 2.24) is 0 Å². The van der Waals surface area contributed by atoms with E-state index in [0.29, 0.717) is 5.92 Å². The molecule has 0 aromatic heterocycles. The van der Waals surface area contributed by atoms with Crippen molar-refractivity contribution in [3.05, 3.63) is 71.8 Å². The Morgan fingerprint density at radius 2 is 1.39 bits per heavy atom. The van der Waals surface area contributed by atoms with Crippen molar-refractivity contribution in [3.8, 4) is 0 Å². The summed E-state index contributed by atoms with van der Waals surface area (Å²) in [5, 5.41) is 0. The normalized spacial score (nSPS) is 14.1. The maximum absolute atomic E-state index is 2.35. The molecule has 0 heterocycles. The number of hydrogen-bond acceptors (Lipinski definition) is 0. The van der Waals surface area contributed by atoms with E-state index >= 15 is 0 Å². The van der Waals surface area contributed by atoms with Crippen LogP contribution in [-0.4, -0.2) is 0 Å². The predicted octanol–water partition coefficient (Wildman–Crippen LogP) is 5.06. The SMILES string of the molecule is CCC(Cc1ccccc1)C(C)c1ccccc1. The number of hydrogen-bond donors (Lipinski definition) is 0. The lowest BCUT2D eigenvalue weighted by Gasteiger charge is -2.23. The predicted molar refractivity (Wildman–Crippen MR) is 78.8 cm³/mol. The smallest absolute Gasteiger partial charge is 0.0159 e. The second-order valence-corrected chi connectivity index (χ2v) is 5.06. The molecule has 18 heavy (non-hydrogen) atoms. The van der Waals surface area contributed by atoms with Gasteiger partial charge in [0.1, 0.15) is 0 Å². The molecule has 0 spiro atoms. The van der Waals surface area contributed by atoms with Gasteiger partial charge in [0.2, 0.25) is 0 Å². The van der Waals surface area contributed by atoms with Crippen LogP contribution < -0.4 is 0 Å². The highest BCUT2D eigenvalue weighted by atomic mass is 14.2.